The first-order valence-corrected chi connectivity index (χ1v) is 8.36. The average molecular weight is 336 g/mol. The number of amides is 2. The molecule has 0 aliphatic carbocycles. The van der Waals surface area contributed by atoms with Crippen LogP contribution < -0.4 is 10.6 Å². The van der Waals surface area contributed by atoms with E-state index in [4.69, 9.17) is 0 Å². The molecule has 1 aromatic carbocycles. The van der Waals surface area contributed by atoms with Crippen molar-refractivity contribution in [1.29, 1.82) is 0 Å². The molecule has 0 spiro atoms. The first-order valence-electron chi connectivity index (χ1n) is 6.55. The number of thioether (sulfide) groups is 1. The topological polar surface area (TPSA) is 84.0 Å². The van der Waals surface area contributed by atoms with Crippen molar-refractivity contribution >= 4 is 45.7 Å². The van der Waals surface area contributed by atoms with Crippen molar-refractivity contribution in [3.8, 4) is 0 Å². The van der Waals surface area contributed by atoms with Gasteiger partial charge in [-0.05, 0) is 25.0 Å². The Balaban J connectivity index is 1.90. The third-order valence-corrected chi connectivity index (χ3v) is 4.73. The summed E-state index contributed by atoms with van der Waals surface area (Å²) in [7, 11) is 0. The van der Waals surface area contributed by atoms with Crippen LogP contribution in [-0.4, -0.2) is 27.8 Å². The molecule has 0 atom stereocenters. The first kappa shape index (κ1) is 16.4. The van der Waals surface area contributed by atoms with Gasteiger partial charge < -0.3 is 10.6 Å². The van der Waals surface area contributed by atoms with E-state index in [0.717, 1.165) is 16.8 Å². The van der Waals surface area contributed by atoms with Crippen LogP contribution in [-0.2, 0) is 9.59 Å². The standard InChI is InChI=1S/C14H16N4O2S2/c1-8-5-4-6-9(2)12(8)16-11(20)7-21-14-18-17-13(22-14)15-10(3)19/h4-6H,7H2,1-3H3,(H,16,20)(H,15,17,19). The average Bonchev–Trinajstić information content (AvgIpc) is 2.87. The monoisotopic (exact) mass is 336 g/mol. The molecule has 1 aromatic heterocycles. The third kappa shape index (κ3) is 4.54. The highest BCUT2D eigenvalue weighted by atomic mass is 32.2. The quantitative estimate of drug-likeness (QED) is 0.648. The number of aromatic nitrogens is 2. The maximum absolute atomic E-state index is 12.0. The van der Waals surface area contributed by atoms with Gasteiger partial charge in [0.1, 0.15) is 0 Å². The molecule has 2 amide bonds. The predicted octanol–water partition coefficient (Wildman–Crippen LogP) is 2.84. The van der Waals surface area contributed by atoms with Gasteiger partial charge in [-0.2, -0.15) is 0 Å². The number of hydrogen-bond acceptors (Lipinski definition) is 6. The van der Waals surface area contributed by atoms with Crippen molar-refractivity contribution in [2.24, 2.45) is 0 Å². The van der Waals surface area contributed by atoms with E-state index in [1.165, 1.54) is 30.0 Å². The van der Waals surface area contributed by atoms with Gasteiger partial charge in [0.05, 0.1) is 5.75 Å². The molecule has 0 saturated heterocycles. The molecule has 0 aliphatic heterocycles. The van der Waals surface area contributed by atoms with Gasteiger partial charge in [-0.15, -0.1) is 10.2 Å². The van der Waals surface area contributed by atoms with Crippen LogP contribution in [0.3, 0.4) is 0 Å². The summed E-state index contributed by atoms with van der Waals surface area (Å²) < 4.78 is 0.639. The van der Waals surface area contributed by atoms with E-state index in [1.807, 2.05) is 32.0 Å². The first-order chi connectivity index (χ1) is 10.5. The minimum absolute atomic E-state index is 0.0984. The largest absolute Gasteiger partial charge is 0.325 e. The molecule has 1 heterocycles. The molecular formula is C14H16N4O2S2. The van der Waals surface area contributed by atoms with Crippen LogP contribution in [0, 0.1) is 13.8 Å². The van der Waals surface area contributed by atoms with Gasteiger partial charge in [0.15, 0.2) is 4.34 Å². The molecule has 2 N–H and O–H groups in total. The zero-order chi connectivity index (χ0) is 16.1. The molecule has 6 nitrogen and oxygen atoms in total. The van der Waals surface area contributed by atoms with Crippen LogP contribution in [0.5, 0.6) is 0 Å². The lowest BCUT2D eigenvalue weighted by molar-refractivity contribution is -0.114. The van der Waals surface area contributed by atoms with Crippen LogP contribution in [0.15, 0.2) is 22.5 Å². The van der Waals surface area contributed by atoms with E-state index in [9.17, 15) is 9.59 Å². The summed E-state index contributed by atoms with van der Waals surface area (Å²) in [6, 6.07) is 5.88. The predicted molar refractivity (Wildman–Crippen MR) is 89.5 cm³/mol. The van der Waals surface area contributed by atoms with Crippen LogP contribution in [0.1, 0.15) is 18.1 Å². The Kier molecular flexibility index (Phi) is 5.51. The molecule has 0 fully saturated rings. The number of hydrogen-bond donors (Lipinski definition) is 2. The zero-order valence-corrected chi connectivity index (χ0v) is 14.1. The van der Waals surface area contributed by atoms with Crippen LogP contribution in [0.4, 0.5) is 10.8 Å². The lowest BCUT2D eigenvalue weighted by Gasteiger charge is -2.10. The van der Waals surface area contributed by atoms with Crippen molar-refractivity contribution < 1.29 is 9.59 Å². The van der Waals surface area contributed by atoms with Crippen LogP contribution >= 0.6 is 23.1 Å². The molecule has 8 heteroatoms. The molecule has 0 aliphatic rings. The second kappa shape index (κ2) is 7.37. The molecular weight excluding hydrogens is 320 g/mol. The number of aryl methyl sites for hydroxylation is 2. The Hall–Kier alpha value is -1.93. The fourth-order valence-electron chi connectivity index (χ4n) is 1.78. The highest BCUT2D eigenvalue weighted by Gasteiger charge is 2.11. The summed E-state index contributed by atoms with van der Waals surface area (Å²) in [5, 5.41) is 13.7. The molecule has 116 valence electrons. The SMILES string of the molecule is CC(=O)Nc1nnc(SCC(=O)Nc2c(C)cccc2C)s1. The van der Waals surface area contributed by atoms with Gasteiger partial charge >= 0.3 is 0 Å². The fraction of sp³-hybridized carbons (Fsp3) is 0.286. The normalized spacial score (nSPS) is 10.3. The summed E-state index contributed by atoms with van der Waals surface area (Å²) in [6.07, 6.45) is 0. The number of para-hydroxylation sites is 1. The Labute approximate surface area is 136 Å². The number of nitrogens with one attached hydrogen (secondary N) is 2. The van der Waals surface area contributed by atoms with Gasteiger partial charge in [-0.3, -0.25) is 9.59 Å². The Morgan fingerprint density at radius 1 is 1.18 bits per heavy atom. The maximum atomic E-state index is 12.0. The van der Waals surface area contributed by atoms with E-state index >= 15 is 0 Å². The number of benzene rings is 1. The number of carbonyl (C=O) groups is 2. The van der Waals surface area contributed by atoms with Crippen molar-refractivity contribution in [2.45, 2.75) is 25.1 Å². The second-order valence-corrected chi connectivity index (χ2v) is 6.86. The van der Waals surface area contributed by atoms with Gasteiger partial charge in [0.25, 0.3) is 0 Å². The zero-order valence-electron chi connectivity index (χ0n) is 12.5. The fourth-order valence-corrected chi connectivity index (χ4v) is 3.38. The summed E-state index contributed by atoms with van der Waals surface area (Å²) in [4.78, 5) is 22.9. The van der Waals surface area contributed by atoms with E-state index in [0.29, 0.717) is 9.47 Å². The highest BCUT2D eigenvalue weighted by molar-refractivity contribution is 8.01. The molecule has 22 heavy (non-hydrogen) atoms. The smallest absolute Gasteiger partial charge is 0.234 e. The van der Waals surface area contributed by atoms with E-state index < -0.39 is 0 Å². The maximum Gasteiger partial charge on any atom is 0.234 e. The summed E-state index contributed by atoms with van der Waals surface area (Å²) >= 11 is 2.53. The third-order valence-electron chi connectivity index (χ3n) is 2.76. The highest BCUT2D eigenvalue weighted by Crippen LogP contribution is 2.26. The van der Waals surface area contributed by atoms with Gasteiger partial charge in [-0.1, -0.05) is 41.3 Å². The Morgan fingerprint density at radius 2 is 1.86 bits per heavy atom. The van der Waals surface area contributed by atoms with E-state index in [2.05, 4.69) is 20.8 Å². The van der Waals surface area contributed by atoms with Gasteiger partial charge in [-0.25, -0.2) is 0 Å². The van der Waals surface area contributed by atoms with Crippen LogP contribution in [0.25, 0.3) is 0 Å². The lowest BCUT2D eigenvalue weighted by atomic mass is 10.1. The summed E-state index contributed by atoms with van der Waals surface area (Å²) in [6.45, 7) is 5.33. The van der Waals surface area contributed by atoms with E-state index in [-0.39, 0.29) is 17.6 Å². The minimum atomic E-state index is -0.194. The van der Waals surface area contributed by atoms with Crippen LogP contribution in [0.2, 0.25) is 0 Å². The molecule has 0 radical (unpaired) electrons. The molecule has 2 rings (SSSR count). The number of anilines is 2. The molecule has 0 saturated carbocycles. The Bertz CT molecular complexity index is 680. The van der Waals surface area contributed by atoms with Crippen molar-refractivity contribution in [2.75, 3.05) is 16.4 Å². The number of nitrogens with zero attached hydrogens (tertiary/aromatic N) is 2. The summed E-state index contributed by atoms with van der Waals surface area (Å²) in [5.41, 5.74) is 2.91. The molecule has 0 bridgehead atoms. The van der Waals surface area contributed by atoms with Crippen molar-refractivity contribution in [3.63, 3.8) is 0 Å². The minimum Gasteiger partial charge on any atom is -0.325 e. The second-order valence-electron chi connectivity index (χ2n) is 4.66. The van der Waals surface area contributed by atoms with Crippen molar-refractivity contribution in [3.05, 3.63) is 29.3 Å². The van der Waals surface area contributed by atoms with Gasteiger partial charge in [0, 0.05) is 12.6 Å². The molecule has 2 aromatic rings. The number of carbonyl (C=O) groups excluding carboxylic acids is 2. The van der Waals surface area contributed by atoms with Crippen molar-refractivity contribution in [1.82, 2.24) is 10.2 Å². The number of rotatable bonds is 5. The molecule has 0 unspecified atom stereocenters. The van der Waals surface area contributed by atoms with Gasteiger partial charge in [0.2, 0.25) is 16.9 Å². The lowest BCUT2D eigenvalue weighted by Crippen LogP contribution is -2.15. The Morgan fingerprint density at radius 3 is 2.50 bits per heavy atom. The van der Waals surface area contributed by atoms with E-state index in [1.54, 1.807) is 0 Å². The summed E-state index contributed by atoms with van der Waals surface area (Å²) in [5.74, 6) is -0.0539.